The summed E-state index contributed by atoms with van der Waals surface area (Å²) in [6.07, 6.45) is 0.693. The van der Waals surface area contributed by atoms with Crippen LogP contribution in [0.15, 0.2) is 0 Å². The topological polar surface area (TPSA) is 44.8 Å². The van der Waals surface area contributed by atoms with Gasteiger partial charge in [0.05, 0.1) is 25.0 Å². The summed E-state index contributed by atoms with van der Waals surface area (Å²) >= 11 is 0. The highest BCUT2D eigenvalue weighted by Gasteiger charge is 2.43. The van der Waals surface area contributed by atoms with Crippen molar-refractivity contribution in [3.8, 4) is 0 Å². The maximum absolute atomic E-state index is 11.4. The molecule has 0 bridgehead atoms. The molecule has 0 amide bonds. The zero-order valence-electron chi connectivity index (χ0n) is 8.56. The Labute approximate surface area is 83.5 Å². The van der Waals surface area contributed by atoms with E-state index in [0.29, 0.717) is 13.2 Å². The molecule has 2 aliphatic rings. The van der Waals surface area contributed by atoms with Gasteiger partial charge in [-0.2, -0.15) is 0 Å². The van der Waals surface area contributed by atoms with Crippen LogP contribution in [0.2, 0.25) is 0 Å². The zero-order valence-corrected chi connectivity index (χ0v) is 8.56. The molecule has 0 radical (unpaired) electrons. The molecule has 2 heterocycles. The monoisotopic (exact) mass is 200 g/mol. The Morgan fingerprint density at radius 3 is 2.93 bits per heavy atom. The second-order valence-corrected chi connectivity index (χ2v) is 4.16. The lowest BCUT2D eigenvalue weighted by molar-refractivity contribution is -0.154. The van der Waals surface area contributed by atoms with Gasteiger partial charge in [0.15, 0.2) is 6.29 Å². The van der Waals surface area contributed by atoms with Crippen LogP contribution in [-0.4, -0.2) is 31.6 Å². The van der Waals surface area contributed by atoms with Gasteiger partial charge < -0.3 is 14.2 Å². The number of carbonyl (C=O) groups excluding carboxylic acids is 1. The summed E-state index contributed by atoms with van der Waals surface area (Å²) in [4.78, 5) is 11.4. The molecule has 0 aromatic carbocycles. The molecule has 14 heavy (non-hydrogen) atoms. The van der Waals surface area contributed by atoms with Gasteiger partial charge in [-0.05, 0) is 6.42 Å². The average Bonchev–Trinajstić information content (AvgIpc) is 2.69. The summed E-state index contributed by atoms with van der Waals surface area (Å²) in [5, 5.41) is 0. The fourth-order valence-corrected chi connectivity index (χ4v) is 1.83. The molecule has 0 spiro atoms. The minimum atomic E-state index is -0.147. The first kappa shape index (κ1) is 9.93. The molecule has 2 rings (SSSR count). The Kier molecular flexibility index (Phi) is 2.74. The standard InChI is InChI=1S/C10H16O4/c1-6(2)9(11)14-8-5-13-10-7(8)3-4-12-10/h6-8,10H,3-5H2,1-2H3. The minimum absolute atomic E-state index is 0.0728. The Bertz CT molecular complexity index is 226. The lowest BCUT2D eigenvalue weighted by atomic mass is 10.0. The highest BCUT2D eigenvalue weighted by Crippen LogP contribution is 2.33. The molecule has 2 fully saturated rings. The van der Waals surface area contributed by atoms with Gasteiger partial charge in [-0.25, -0.2) is 0 Å². The molecular weight excluding hydrogens is 184 g/mol. The summed E-state index contributed by atoms with van der Waals surface area (Å²) < 4.78 is 16.0. The Balaban J connectivity index is 1.90. The van der Waals surface area contributed by atoms with E-state index in [1.54, 1.807) is 0 Å². The lowest BCUT2D eigenvalue weighted by Gasteiger charge is -2.16. The van der Waals surface area contributed by atoms with Crippen LogP contribution in [0.1, 0.15) is 20.3 Å². The molecule has 2 aliphatic heterocycles. The maximum atomic E-state index is 11.4. The molecule has 0 aliphatic carbocycles. The minimum Gasteiger partial charge on any atom is -0.459 e. The smallest absolute Gasteiger partial charge is 0.308 e. The van der Waals surface area contributed by atoms with E-state index < -0.39 is 0 Å². The van der Waals surface area contributed by atoms with Crippen LogP contribution in [0.4, 0.5) is 0 Å². The van der Waals surface area contributed by atoms with Crippen LogP contribution < -0.4 is 0 Å². The van der Waals surface area contributed by atoms with Crippen LogP contribution in [0.5, 0.6) is 0 Å². The van der Waals surface area contributed by atoms with Gasteiger partial charge in [0, 0.05) is 0 Å². The molecule has 80 valence electrons. The van der Waals surface area contributed by atoms with Gasteiger partial charge in [0.25, 0.3) is 0 Å². The number of carbonyl (C=O) groups is 1. The Morgan fingerprint density at radius 1 is 1.43 bits per heavy atom. The van der Waals surface area contributed by atoms with E-state index in [1.807, 2.05) is 13.8 Å². The van der Waals surface area contributed by atoms with Crippen molar-refractivity contribution in [3.05, 3.63) is 0 Å². The van der Waals surface area contributed by atoms with E-state index in [0.717, 1.165) is 6.42 Å². The van der Waals surface area contributed by atoms with E-state index in [2.05, 4.69) is 0 Å². The predicted octanol–water partition coefficient (Wildman–Crippen LogP) is 0.947. The lowest BCUT2D eigenvalue weighted by Crippen LogP contribution is -2.28. The quantitative estimate of drug-likeness (QED) is 0.622. The highest BCUT2D eigenvalue weighted by atomic mass is 16.7. The first-order valence-corrected chi connectivity index (χ1v) is 5.12. The van der Waals surface area contributed by atoms with E-state index in [-0.39, 0.29) is 30.2 Å². The molecule has 3 unspecified atom stereocenters. The van der Waals surface area contributed by atoms with Crippen molar-refractivity contribution >= 4 is 5.97 Å². The van der Waals surface area contributed by atoms with Gasteiger partial charge in [0.2, 0.25) is 0 Å². The number of fused-ring (bicyclic) bond motifs is 1. The highest BCUT2D eigenvalue weighted by molar-refractivity contribution is 5.71. The van der Waals surface area contributed by atoms with Gasteiger partial charge in [0.1, 0.15) is 6.10 Å². The third kappa shape index (κ3) is 1.77. The zero-order chi connectivity index (χ0) is 10.1. The number of rotatable bonds is 2. The molecule has 0 aromatic rings. The van der Waals surface area contributed by atoms with Crippen molar-refractivity contribution in [3.63, 3.8) is 0 Å². The number of ether oxygens (including phenoxy) is 3. The number of esters is 1. The number of hydrogen-bond acceptors (Lipinski definition) is 4. The van der Waals surface area contributed by atoms with Gasteiger partial charge in [-0.1, -0.05) is 13.8 Å². The van der Waals surface area contributed by atoms with Crippen molar-refractivity contribution in [2.75, 3.05) is 13.2 Å². The molecule has 0 saturated carbocycles. The Hall–Kier alpha value is -0.610. The summed E-state index contributed by atoms with van der Waals surface area (Å²) in [5.41, 5.74) is 0. The van der Waals surface area contributed by atoms with Crippen LogP contribution >= 0.6 is 0 Å². The summed E-state index contributed by atoms with van der Waals surface area (Å²) in [6.45, 7) is 4.86. The fraction of sp³-hybridized carbons (Fsp3) is 0.900. The van der Waals surface area contributed by atoms with Crippen LogP contribution in [-0.2, 0) is 19.0 Å². The molecule has 0 aromatic heterocycles. The van der Waals surface area contributed by atoms with E-state index in [1.165, 1.54) is 0 Å². The summed E-state index contributed by atoms with van der Waals surface area (Å²) in [5.74, 6) is 0.0280. The van der Waals surface area contributed by atoms with Crippen molar-refractivity contribution in [1.29, 1.82) is 0 Å². The average molecular weight is 200 g/mol. The normalized spacial score (nSPS) is 36.1. The van der Waals surface area contributed by atoms with Crippen molar-refractivity contribution in [2.45, 2.75) is 32.7 Å². The fourth-order valence-electron chi connectivity index (χ4n) is 1.83. The molecule has 2 saturated heterocycles. The van der Waals surface area contributed by atoms with Crippen LogP contribution in [0.3, 0.4) is 0 Å². The van der Waals surface area contributed by atoms with E-state index >= 15 is 0 Å². The van der Waals surface area contributed by atoms with Crippen LogP contribution in [0, 0.1) is 11.8 Å². The molecule has 4 nitrogen and oxygen atoms in total. The number of hydrogen-bond donors (Lipinski definition) is 0. The predicted molar refractivity (Wildman–Crippen MR) is 48.5 cm³/mol. The largest absolute Gasteiger partial charge is 0.459 e. The van der Waals surface area contributed by atoms with Crippen LogP contribution in [0.25, 0.3) is 0 Å². The summed E-state index contributed by atoms with van der Waals surface area (Å²) in [7, 11) is 0. The second kappa shape index (κ2) is 3.87. The van der Waals surface area contributed by atoms with Gasteiger partial charge >= 0.3 is 5.97 Å². The summed E-state index contributed by atoms with van der Waals surface area (Å²) in [6, 6.07) is 0. The molecule has 4 heteroatoms. The first-order chi connectivity index (χ1) is 6.68. The van der Waals surface area contributed by atoms with E-state index in [9.17, 15) is 4.79 Å². The molecule has 3 atom stereocenters. The van der Waals surface area contributed by atoms with Gasteiger partial charge in [-0.15, -0.1) is 0 Å². The third-order valence-corrected chi connectivity index (χ3v) is 2.72. The Morgan fingerprint density at radius 2 is 2.21 bits per heavy atom. The second-order valence-electron chi connectivity index (χ2n) is 4.16. The van der Waals surface area contributed by atoms with Crippen molar-refractivity contribution in [1.82, 2.24) is 0 Å². The van der Waals surface area contributed by atoms with E-state index in [4.69, 9.17) is 14.2 Å². The first-order valence-electron chi connectivity index (χ1n) is 5.12. The molecule has 0 N–H and O–H groups in total. The maximum Gasteiger partial charge on any atom is 0.308 e. The SMILES string of the molecule is CC(C)C(=O)OC1COC2OCCC12. The third-order valence-electron chi connectivity index (χ3n) is 2.72. The van der Waals surface area contributed by atoms with Gasteiger partial charge in [-0.3, -0.25) is 4.79 Å². The molecular formula is C10H16O4. The van der Waals surface area contributed by atoms with Crippen molar-refractivity contribution < 1.29 is 19.0 Å². The van der Waals surface area contributed by atoms with Crippen molar-refractivity contribution in [2.24, 2.45) is 11.8 Å².